The Morgan fingerprint density at radius 2 is 2.17 bits per heavy atom. The average Bonchev–Trinajstić information content (AvgIpc) is 2.82. The number of hydrogen-bond acceptors (Lipinski definition) is 3. The zero-order valence-electron chi connectivity index (χ0n) is 9.76. The monoisotopic (exact) mass is 239 g/mol. The molecular weight excluding hydrogens is 226 g/mol. The smallest absolute Gasteiger partial charge is 0.138 e. The lowest BCUT2D eigenvalue weighted by Gasteiger charge is -2.05. The van der Waals surface area contributed by atoms with Crippen molar-refractivity contribution < 1.29 is 4.74 Å². The van der Waals surface area contributed by atoms with Gasteiger partial charge in [-0.05, 0) is 24.3 Å². The number of pyridine rings is 1. The Morgan fingerprint density at radius 3 is 3.00 bits per heavy atom. The van der Waals surface area contributed by atoms with E-state index in [2.05, 4.69) is 9.97 Å². The van der Waals surface area contributed by atoms with Crippen LogP contribution in [-0.2, 0) is 6.61 Å². The van der Waals surface area contributed by atoms with Crippen molar-refractivity contribution >= 4 is 16.6 Å². The van der Waals surface area contributed by atoms with Crippen LogP contribution in [0.15, 0.2) is 48.9 Å². The molecule has 0 amide bonds. The number of nitrogens with zero attached hydrogens (tertiary/aromatic N) is 1. The van der Waals surface area contributed by atoms with Gasteiger partial charge in [-0.25, -0.2) is 0 Å². The normalized spacial score (nSPS) is 10.7. The summed E-state index contributed by atoms with van der Waals surface area (Å²) in [7, 11) is 0. The third-order valence-corrected chi connectivity index (χ3v) is 2.85. The molecule has 0 aliphatic carbocycles. The Morgan fingerprint density at radius 1 is 1.22 bits per heavy atom. The molecule has 0 bridgehead atoms. The summed E-state index contributed by atoms with van der Waals surface area (Å²) in [6.45, 7) is 0.472. The van der Waals surface area contributed by atoms with Gasteiger partial charge in [-0.15, -0.1) is 0 Å². The van der Waals surface area contributed by atoms with Crippen LogP contribution in [0.2, 0.25) is 0 Å². The van der Waals surface area contributed by atoms with Crippen LogP contribution < -0.4 is 10.5 Å². The summed E-state index contributed by atoms with van der Waals surface area (Å²) in [6, 6.07) is 9.55. The van der Waals surface area contributed by atoms with Gasteiger partial charge in [0.05, 0.1) is 6.20 Å². The van der Waals surface area contributed by atoms with E-state index >= 15 is 0 Å². The predicted octanol–water partition coefficient (Wildman–Crippen LogP) is 2.72. The second-order valence-corrected chi connectivity index (χ2v) is 4.06. The van der Waals surface area contributed by atoms with Crippen molar-refractivity contribution in [1.29, 1.82) is 0 Å². The Kier molecular flexibility index (Phi) is 2.61. The van der Waals surface area contributed by atoms with Crippen LogP contribution >= 0.6 is 0 Å². The van der Waals surface area contributed by atoms with Gasteiger partial charge in [0.2, 0.25) is 0 Å². The Hall–Kier alpha value is -2.49. The Balaban J connectivity index is 1.87. The predicted molar refractivity (Wildman–Crippen MR) is 71.3 cm³/mol. The Bertz CT molecular complexity index is 661. The number of aromatic nitrogens is 2. The van der Waals surface area contributed by atoms with E-state index < -0.39 is 0 Å². The number of benzene rings is 1. The first-order valence-corrected chi connectivity index (χ1v) is 5.72. The zero-order valence-corrected chi connectivity index (χ0v) is 9.76. The van der Waals surface area contributed by atoms with Gasteiger partial charge in [-0.3, -0.25) is 4.98 Å². The van der Waals surface area contributed by atoms with E-state index in [4.69, 9.17) is 10.5 Å². The molecule has 90 valence electrons. The third-order valence-electron chi connectivity index (χ3n) is 2.85. The molecule has 4 heteroatoms. The number of rotatable bonds is 3. The molecule has 0 spiro atoms. The van der Waals surface area contributed by atoms with E-state index in [1.54, 1.807) is 12.4 Å². The lowest BCUT2D eigenvalue weighted by Crippen LogP contribution is -1.96. The van der Waals surface area contributed by atoms with Gasteiger partial charge < -0.3 is 15.5 Å². The first-order chi connectivity index (χ1) is 8.84. The van der Waals surface area contributed by atoms with Crippen LogP contribution in [0.25, 0.3) is 10.9 Å². The molecule has 0 saturated carbocycles. The van der Waals surface area contributed by atoms with Crippen LogP contribution in [0.4, 0.5) is 5.69 Å². The minimum Gasteiger partial charge on any atom is -0.487 e. The molecule has 0 fully saturated rings. The van der Waals surface area contributed by atoms with Crippen molar-refractivity contribution in [3.8, 4) is 5.75 Å². The van der Waals surface area contributed by atoms with Crippen LogP contribution in [0.1, 0.15) is 5.56 Å². The molecule has 0 unspecified atom stereocenters. The highest BCUT2D eigenvalue weighted by molar-refractivity contribution is 5.93. The van der Waals surface area contributed by atoms with Gasteiger partial charge in [0.1, 0.15) is 12.4 Å². The minimum absolute atomic E-state index is 0.472. The first kappa shape index (κ1) is 10.7. The number of ether oxygens (including phenoxy) is 1. The number of nitrogens with one attached hydrogen (secondary N) is 1. The van der Waals surface area contributed by atoms with Crippen molar-refractivity contribution in [1.82, 2.24) is 9.97 Å². The first-order valence-electron chi connectivity index (χ1n) is 5.72. The number of nitrogen functional groups attached to an aromatic ring is 1. The molecule has 0 atom stereocenters. The van der Waals surface area contributed by atoms with E-state index in [9.17, 15) is 0 Å². The maximum atomic E-state index is 5.98. The number of hydrogen-bond donors (Lipinski definition) is 2. The van der Waals surface area contributed by atoms with Gasteiger partial charge >= 0.3 is 0 Å². The molecule has 2 aromatic heterocycles. The average molecular weight is 239 g/mol. The molecule has 4 nitrogen and oxygen atoms in total. The Labute approximate surface area is 104 Å². The number of aromatic amines is 1. The molecular formula is C14H13N3O. The zero-order chi connectivity index (χ0) is 12.4. The van der Waals surface area contributed by atoms with Crippen LogP contribution in [-0.4, -0.2) is 9.97 Å². The highest BCUT2D eigenvalue weighted by atomic mass is 16.5. The van der Waals surface area contributed by atoms with Gasteiger partial charge in [0.25, 0.3) is 0 Å². The fourth-order valence-electron chi connectivity index (χ4n) is 1.99. The highest BCUT2D eigenvalue weighted by Crippen LogP contribution is 2.25. The standard InChI is InChI=1S/C14H13N3O/c15-12-4-1-5-13-14(12)10(7-17-13)9-18-11-3-2-6-16-8-11/h1-8,17H,9,15H2. The minimum atomic E-state index is 0.472. The summed E-state index contributed by atoms with van der Waals surface area (Å²) in [6.07, 6.45) is 5.34. The lowest BCUT2D eigenvalue weighted by molar-refractivity contribution is 0.306. The van der Waals surface area contributed by atoms with Gasteiger partial charge in [0.15, 0.2) is 0 Å². The molecule has 3 N–H and O–H groups in total. The molecule has 3 aromatic rings. The van der Waals surface area contributed by atoms with Crippen molar-refractivity contribution in [3.05, 3.63) is 54.5 Å². The second kappa shape index (κ2) is 4.41. The molecule has 3 rings (SSSR count). The molecule has 1 aromatic carbocycles. The summed E-state index contributed by atoms with van der Waals surface area (Å²) in [5.74, 6) is 0.751. The van der Waals surface area contributed by atoms with E-state index in [0.29, 0.717) is 6.61 Å². The van der Waals surface area contributed by atoms with Crippen molar-refractivity contribution in [3.63, 3.8) is 0 Å². The molecule has 0 saturated heterocycles. The van der Waals surface area contributed by atoms with Crippen LogP contribution in [0.5, 0.6) is 5.75 Å². The summed E-state index contributed by atoms with van der Waals surface area (Å²) >= 11 is 0. The number of anilines is 1. The number of fused-ring (bicyclic) bond motifs is 1. The lowest BCUT2D eigenvalue weighted by atomic mass is 10.1. The van der Waals surface area contributed by atoms with Gasteiger partial charge in [0, 0.05) is 34.5 Å². The van der Waals surface area contributed by atoms with E-state index in [-0.39, 0.29) is 0 Å². The number of nitrogens with two attached hydrogens (primary N) is 1. The van der Waals surface area contributed by atoms with Crippen molar-refractivity contribution in [2.24, 2.45) is 0 Å². The van der Waals surface area contributed by atoms with Gasteiger partial charge in [-0.2, -0.15) is 0 Å². The molecule has 0 aliphatic rings. The third kappa shape index (κ3) is 1.88. The van der Waals surface area contributed by atoms with E-state index in [1.807, 2.05) is 36.5 Å². The summed E-state index contributed by atoms with van der Waals surface area (Å²) in [5, 5.41) is 1.03. The molecule has 0 aliphatic heterocycles. The summed E-state index contributed by atoms with van der Waals surface area (Å²) < 4.78 is 5.68. The molecule has 0 radical (unpaired) electrons. The topological polar surface area (TPSA) is 63.9 Å². The summed E-state index contributed by atoms with van der Waals surface area (Å²) in [4.78, 5) is 7.20. The largest absolute Gasteiger partial charge is 0.487 e. The van der Waals surface area contributed by atoms with Crippen molar-refractivity contribution in [2.45, 2.75) is 6.61 Å². The fourth-order valence-corrected chi connectivity index (χ4v) is 1.99. The molecule has 2 heterocycles. The quantitative estimate of drug-likeness (QED) is 0.691. The van der Waals surface area contributed by atoms with Crippen molar-refractivity contribution in [2.75, 3.05) is 5.73 Å². The maximum Gasteiger partial charge on any atom is 0.138 e. The number of H-pyrrole nitrogens is 1. The van der Waals surface area contributed by atoms with Crippen LogP contribution in [0, 0.1) is 0 Å². The highest BCUT2D eigenvalue weighted by Gasteiger charge is 2.07. The van der Waals surface area contributed by atoms with Gasteiger partial charge in [-0.1, -0.05) is 6.07 Å². The van der Waals surface area contributed by atoms with E-state index in [1.165, 1.54) is 0 Å². The fraction of sp³-hybridized carbons (Fsp3) is 0.0714. The van der Waals surface area contributed by atoms with E-state index in [0.717, 1.165) is 27.9 Å². The second-order valence-electron chi connectivity index (χ2n) is 4.06. The summed E-state index contributed by atoms with van der Waals surface area (Å²) in [5.41, 5.74) is 8.82. The SMILES string of the molecule is Nc1cccc2[nH]cc(COc3cccnc3)c12. The van der Waals surface area contributed by atoms with Crippen LogP contribution in [0.3, 0.4) is 0 Å². The molecule has 18 heavy (non-hydrogen) atoms. The maximum absolute atomic E-state index is 5.98.